The molecule has 1 aliphatic rings. The zero-order valence-corrected chi connectivity index (χ0v) is 15.9. The third kappa shape index (κ3) is 4.86. The van der Waals surface area contributed by atoms with Crippen molar-refractivity contribution in [3.8, 4) is 0 Å². The molecular formula is C20H22FNO4S. The maximum atomic E-state index is 13.3. The Balaban J connectivity index is 1.78. The Morgan fingerprint density at radius 3 is 2.44 bits per heavy atom. The smallest absolute Gasteiger partial charge is 0.410 e. The van der Waals surface area contributed by atoms with Gasteiger partial charge in [0.15, 0.2) is 0 Å². The van der Waals surface area contributed by atoms with Crippen LogP contribution in [0.15, 0.2) is 54.6 Å². The highest BCUT2D eigenvalue weighted by Crippen LogP contribution is 2.34. The number of sulfone groups is 1. The summed E-state index contributed by atoms with van der Waals surface area (Å²) >= 11 is 0. The summed E-state index contributed by atoms with van der Waals surface area (Å²) in [5, 5.41) is -0.536. The van der Waals surface area contributed by atoms with Crippen LogP contribution in [0.25, 0.3) is 0 Å². The van der Waals surface area contributed by atoms with Gasteiger partial charge in [0.05, 0.1) is 11.3 Å². The van der Waals surface area contributed by atoms with Crippen LogP contribution in [0, 0.1) is 5.82 Å². The summed E-state index contributed by atoms with van der Waals surface area (Å²) in [4.78, 5) is 14.2. The van der Waals surface area contributed by atoms with Crippen LogP contribution in [0.1, 0.15) is 30.0 Å². The summed E-state index contributed by atoms with van der Waals surface area (Å²) in [5.74, 6) is -0.382. The molecule has 2 aromatic rings. The first-order valence-electron chi connectivity index (χ1n) is 8.76. The van der Waals surface area contributed by atoms with E-state index in [1.165, 1.54) is 23.3 Å². The molecule has 7 heteroatoms. The van der Waals surface area contributed by atoms with Crippen LogP contribution < -0.4 is 0 Å². The fourth-order valence-electron chi connectivity index (χ4n) is 3.34. The van der Waals surface area contributed by atoms with E-state index in [1.54, 1.807) is 12.1 Å². The number of likely N-dealkylation sites (tertiary alicyclic amines) is 1. The summed E-state index contributed by atoms with van der Waals surface area (Å²) in [5.41, 5.74) is 1.57. The van der Waals surface area contributed by atoms with E-state index in [-0.39, 0.29) is 25.4 Å². The maximum absolute atomic E-state index is 13.3. The minimum atomic E-state index is -3.23. The van der Waals surface area contributed by atoms with E-state index in [9.17, 15) is 17.6 Å². The second-order valence-corrected chi connectivity index (χ2v) is 9.10. The number of hydrogen-bond acceptors (Lipinski definition) is 4. The zero-order valence-electron chi connectivity index (χ0n) is 15.0. The van der Waals surface area contributed by atoms with Crippen molar-refractivity contribution in [2.75, 3.05) is 12.8 Å². The summed E-state index contributed by atoms with van der Waals surface area (Å²) in [6.45, 7) is 0.412. The van der Waals surface area contributed by atoms with Gasteiger partial charge in [0, 0.05) is 12.8 Å². The Morgan fingerprint density at radius 1 is 1.15 bits per heavy atom. The molecule has 3 rings (SSSR count). The van der Waals surface area contributed by atoms with Crippen LogP contribution in [0.4, 0.5) is 9.18 Å². The van der Waals surface area contributed by atoms with E-state index in [2.05, 4.69) is 0 Å². The number of ether oxygens (including phenoxy) is 1. The molecule has 2 atom stereocenters. The minimum absolute atomic E-state index is 0.141. The van der Waals surface area contributed by atoms with Gasteiger partial charge in [-0.15, -0.1) is 0 Å². The van der Waals surface area contributed by atoms with Gasteiger partial charge in [-0.05, 0) is 36.1 Å². The number of carbonyl (C=O) groups is 1. The molecule has 0 N–H and O–H groups in total. The molecule has 0 aromatic heterocycles. The van der Waals surface area contributed by atoms with Crippen LogP contribution in [-0.2, 0) is 21.2 Å². The zero-order chi connectivity index (χ0) is 19.4. The van der Waals surface area contributed by atoms with E-state index in [4.69, 9.17) is 4.74 Å². The van der Waals surface area contributed by atoms with Crippen molar-refractivity contribution in [1.82, 2.24) is 4.90 Å². The molecule has 0 spiro atoms. The first-order valence-corrected chi connectivity index (χ1v) is 10.7. The van der Waals surface area contributed by atoms with Gasteiger partial charge in [-0.3, -0.25) is 0 Å². The predicted octanol–water partition coefficient (Wildman–Crippen LogP) is 3.71. The van der Waals surface area contributed by atoms with E-state index in [0.29, 0.717) is 12.0 Å². The molecule has 0 radical (unpaired) electrons. The first kappa shape index (κ1) is 19.4. The number of benzene rings is 2. The number of rotatable bonds is 4. The number of nitrogens with zero attached hydrogens (tertiary/aromatic N) is 1. The average Bonchev–Trinajstić information content (AvgIpc) is 2.66. The molecule has 1 aliphatic heterocycles. The highest BCUT2D eigenvalue weighted by molar-refractivity contribution is 7.91. The normalized spacial score (nSPS) is 20.3. The monoisotopic (exact) mass is 391 g/mol. The molecule has 1 amide bonds. The molecule has 0 saturated carbocycles. The molecule has 2 aromatic carbocycles. The minimum Gasteiger partial charge on any atom is -0.445 e. The number of halogens is 1. The van der Waals surface area contributed by atoms with Gasteiger partial charge < -0.3 is 9.64 Å². The Kier molecular flexibility index (Phi) is 5.79. The van der Waals surface area contributed by atoms with Crippen molar-refractivity contribution in [2.24, 2.45) is 0 Å². The molecule has 0 unspecified atom stereocenters. The molecule has 144 valence electrons. The molecule has 1 heterocycles. The highest BCUT2D eigenvalue weighted by atomic mass is 32.2. The SMILES string of the molecule is CS(=O)(=O)[C@H]1CCN(C(=O)OCc2ccccc2)[C@@H](c2ccc(F)cc2)C1. The van der Waals surface area contributed by atoms with Crippen molar-refractivity contribution in [3.63, 3.8) is 0 Å². The van der Waals surface area contributed by atoms with Gasteiger partial charge >= 0.3 is 6.09 Å². The topological polar surface area (TPSA) is 63.7 Å². The fraction of sp³-hybridized carbons (Fsp3) is 0.350. The molecule has 27 heavy (non-hydrogen) atoms. The number of carbonyl (C=O) groups excluding carboxylic acids is 1. The molecule has 0 bridgehead atoms. The predicted molar refractivity (Wildman–Crippen MR) is 100 cm³/mol. The van der Waals surface area contributed by atoms with Gasteiger partial charge in [0.25, 0.3) is 0 Å². The average molecular weight is 391 g/mol. The Labute approximate surface area is 158 Å². The molecule has 1 fully saturated rings. The lowest BCUT2D eigenvalue weighted by molar-refractivity contribution is 0.0684. The fourth-order valence-corrected chi connectivity index (χ4v) is 4.41. The Hall–Kier alpha value is -2.41. The summed E-state index contributed by atoms with van der Waals surface area (Å²) in [6.07, 6.45) is 1.34. The first-order chi connectivity index (χ1) is 12.8. The lowest BCUT2D eigenvalue weighted by Crippen LogP contribution is -2.44. The van der Waals surface area contributed by atoms with Crippen LogP contribution in [0.3, 0.4) is 0 Å². The maximum Gasteiger partial charge on any atom is 0.410 e. The van der Waals surface area contributed by atoms with Crippen LogP contribution in [0.2, 0.25) is 0 Å². The van der Waals surface area contributed by atoms with E-state index < -0.39 is 27.2 Å². The number of piperidine rings is 1. The van der Waals surface area contributed by atoms with E-state index in [1.807, 2.05) is 30.3 Å². The second kappa shape index (κ2) is 8.08. The molecule has 5 nitrogen and oxygen atoms in total. The number of amides is 1. The lowest BCUT2D eigenvalue weighted by atomic mass is 9.95. The van der Waals surface area contributed by atoms with Crippen LogP contribution in [-0.4, -0.2) is 37.5 Å². The van der Waals surface area contributed by atoms with Crippen molar-refractivity contribution in [3.05, 3.63) is 71.5 Å². The summed E-state index contributed by atoms with van der Waals surface area (Å²) in [7, 11) is -3.23. The number of hydrogen-bond donors (Lipinski definition) is 0. The lowest BCUT2D eigenvalue weighted by Gasteiger charge is -2.38. The van der Waals surface area contributed by atoms with Crippen LogP contribution in [0.5, 0.6) is 0 Å². The van der Waals surface area contributed by atoms with Crippen molar-refractivity contribution in [1.29, 1.82) is 0 Å². The highest BCUT2D eigenvalue weighted by Gasteiger charge is 2.37. The van der Waals surface area contributed by atoms with Gasteiger partial charge in [0.2, 0.25) is 0 Å². The van der Waals surface area contributed by atoms with Crippen molar-refractivity contribution >= 4 is 15.9 Å². The third-order valence-electron chi connectivity index (χ3n) is 4.85. The van der Waals surface area contributed by atoms with Crippen LogP contribution >= 0.6 is 0 Å². The van der Waals surface area contributed by atoms with Gasteiger partial charge in [-0.1, -0.05) is 42.5 Å². The van der Waals surface area contributed by atoms with Gasteiger partial charge in [-0.2, -0.15) is 0 Å². The third-order valence-corrected chi connectivity index (χ3v) is 6.49. The second-order valence-electron chi connectivity index (χ2n) is 6.78. The summed E-state index contributed by atoms with van der Waals surface area (Å²) < 4.78 is 42.7. The molecular weight excluding hydrogens is 369 g/mol. The largest absolute Gasteiger partial charge is 0.445 e. The Bertz CT molecular complexity index is 884. The van der Waals surface area contributed by atoms with Gasteiger partial charge in [-0.25, -0.2) is 17.6 Å². The molecule has 0 aliphatic carbocycles. The standard InChI is InChI=1S/C20H22FNO4S/c1-27(24,25)18-11-12-22(19(13-18)16-7-9-17(21)10-8-16)20(23)26-14-15-5-3-2-4-6-15/h2-10,18-19H,11-14H2,1H3/t18-,19+/m0/s1. The van der Waals surface area contributed by atoms with Crippen molar-refractivity contribution < 1.29 is 22.3 Å². The quantitative estimate of drug-likeness (QED) is 0.797. The Morgan fingerprint density at radius 2 is 1.81 bits per heavy atom. The summed E-state index contributed by atoms with van der Waals surface area (Å²) in [6, 6.07) is 14.7. The van der Waals surface area contributed by atoms with Gasteiger partial charge in [0.1, 0.15) is 22.3 Å². The van der Waals surface area contributed by atoms with E-state index >= 15 is 0 Å². The van der Waals surface area contributed by atoms with Crippen molar-refractivity contribution in [2.45, 2.75) is 30.7 Å². The van der Waals surface area contributed by atoms with E-state index in [0.717, 1.165) is 5.56 Å². The molecule has 1 saturated heterocycles.